The van der Waals surface area contributed by atoms with Crippen molar-refractivity contribution in [3.8, 4) is 5.75 Å². The highest BCUT2D eigenvalue weighted by Gasteiger charge is 2.22. The van der Waals surface area contributed by atoms with E-state index in [4.69, 9.17) is 16.3 Å². The summed E-state index contributed by atoms with van der Waals surface area (Å²) in [6, 6.07) is 9.45. The predicted molar refractivity (Wildman–Crippen MR) is 92.7 cm³/mol. The maximum absolute atomic E-state index is 13.4. The fourth-order valence-electron chi connectivity index (χ4n) is 2.32. The van der Waals surface area contributed by atoms with Crippen LogP contribution in [0.15, 0.2) is 42.5 Å². The molecule has 4 nitrogen and oxygen atoms in total. The molecule has 2 aromatic carbocycles. The zero-order valence-electron chi connectivity index (χ0n) is 13.2. The average Bonchev–Trinajstić information content (AvgIpc) is 2.54. The fraction of sp³-hybridized carbons (Fsp3) is 0.167. The zero-order valence-corrected chi connectivity index (χ0v) is 13.9. The molecule has 2 N–H and O–H groups in total. The summed E-state index contributed by atoms with van der Waals surface area (Å²) in [6.07, 6.45) is 3.86. The van der Waals surface area contributed by atoms with Crippen LogP contribution in [0.3, 0.4) is 0 Å². The maximum atomic E-state index is 13.4. The molecule has 1 heterocycles. The van der Waals surface area contributed by atoms with Crippen molar-refractivity contribution in [2.45, 2.75) is 19.4 Å². The molecule has 1 aliphatic heterocycles. The van der Waals surface area contributed by atoms with Crippen LogP contribution in [-0.2, 0) is 0 Å². The smallest absolute Gasteiger partial charge is 0.269 e. The van der Waals surface area contributed by atoms with Crippen LogP contribution in [0, 0.1) is 5.82 Å². The Morgan fingerprint density at radius 2 is 2.04 bits per heavy atom. The number of carbonyl (C=O) groups excluding carboxylic acids is 1. The standard InChI is InChI=1S/C18H16ClFN2O2/c1-18(2)9-8-11-10-12(6-7-15(11)24-18)17(23)22-21-14-5-3-4-13(20)16(14)19/h3-10,21H,1-2H3,(H,22,23). The van der Waals surface area contributed by atoms with E-state index in [1.54, 1.807) is 24.3 Å². The molecular formula is C18H16ClFN2O2. The third-order valence-corrected chi connectivity index (χ3v) is 3.96. The Morgan fingerprint density at radius 1 is 1.25 bits per heavy atom. The van der Waals surface area contributed by atoms with Gasteiger partial charge >= 0.3 is 0 Å². The van der Waals surface area contributed by atoms with E-state index in [2.05, 4.69) is 10.9 Å². The lowest BCUT2D eigenvalue weighted by Crippen LogP contribution is -2.30. The van der Waals surface area contributed by atoms with Crippen LogP contribution in [0.2, 0.25) is 5.02 Å². The van der Waals surface area contributed by atoms with Crippen LogP contribution >= 0.6 is 11.6 Å². The summed E-state index contributed by atoms with van der Waals surface area (Å²) in [7, 11) is 0. The minimum atomic E-state index is -0.561. The second-order valence-electron chi connectivity index (χ2n) is 5.97. The lowest BCUT2D eigenvalue weighted by Gasteiger charge is -2.27. The van der Waals surface area contributed by atoms with Crippen LogP contribution in [-0.4, -0.2) is 11.5 Å². The van der Waals surface area contributed by atoms with Crippen molar-refractivity contribution in [1.29, 1.82) is 0 Å². The number of benzene rings is 2. The van der Waals surface area contributed by atoms with Crippen molar-refractivity contribution in [1.82, 2.24) is 5.43 Å². The quantitative estimate of drug-likeness (QED) is 0.809. The molecule has 2 aromatic rings. The van der Waals surface area contributed by atoms with Crippen LogP contribution in [0.1, 0.15) is 29.8 Å². The fourth-order valence-corrected chi connectivity index (χ4v) is 2.49. The summed E-state index contributed by atoms with van der Waals surface area (Å²) >= 11 is 5.83. The topological polar surface area (TPSA) is 50.4 Å². The summed E-state index contributed by atoms with van der Waals surface area (Å²) in [5, 5.41) is -0.0817. The molecule has 3 rings (SSSR count). The SMILES string of the molecule is CC1(C)C=Cc2cc(C(=O)NNc3cccc(F)c3Cl)ccc2O1. The lowest BCUT2D eigenvalue weighted by molar-refractivity contribution is 0.0962. The van der Waals surface area contributed by atoms with Crippen molar-refractivity contribution < 1.29 is 13.9 Å². The van der Waals surface area contributed by atoms with E-state index in [1.165, 1.54) is 12.1 Å². The Kier molecular flexibility index (Phi) is 4.20. The van der Waals surface area contributed by atoms with Gasteiger partial charge in [0.05, 0.1) is 5.69 Å². The number of nitrogens with one attached hydrogen (secondary N) is 2. The van der Waals surface area contributed by atoms with Gasteiger partial charge in [-0.3, -0.25) is 15.6 Å². The summed E-state index contributed by atoms with van der Waals surface area (Å²) in [5.41, 5.74) is 6.31. The molecule has 0 unspecified atom stereocenters. The normalized spacial score (nSPS) is 14.5. The van der Waals surface area contributed by atoms with Crippen molar-refractivity contribution in [2.24, 2.45) is 0 Å². The van der Waals surface area contributed by atoms with E-state index < -0.39 is 5.82 Å². The average molecular weight is 347 g/mol. The van der Waals surface area contributed by atoms with E-state index in [9.17, 15) is 9.18 Å². The molecule has 0 saturated heterocycles. The molecular weight excluding hydrogens is 331 g/mol. The zero-order chi connectivity index (χ0) is 17.3. The maximum Gasteiger partial charge on any atom is 0.269 e. The number of fused-ring (bicyclic) bond motifs is 1. The van der Waals surface area contributed by atoms with Gasteiger partial charge < -0.3 is 4.74 Å². The predicted octanol–water partition coefficient (Wildman–Crippen LogP) is 4.42. The van der Waals surface area contributed by atoms with E-state index in [1.807, 2.05) is 26.0 Å². The molecule has 0 aliphatic carbocycles. The summed E-state index contributed by atoms with van der Waals surface area (Å²) in [6.45, 7) is 3.92. The van der Waals surface area contributed by atoms with Gasteiger partial charge in [0.25, 0.3) is 5.91 Å². The Balaban J connectivity index is 1.73. The summed E-state index contributed by atoms with van der Waals surface area (Å²) in [4.78, 5) is 12.3. The molecule has 0 aromatic heterocycles. The van der Waals surface area contributed by atoms with Crippen molar-refractivity contribution in [3.05, 3.63) is 64.4 Å². The second-order valence-corrected chi connectivity index (χ2v) is 6.35. The number of hydrogen-bond acceptors (Lipinski definition) is 3. The molecule has 1 amide bonds. The minimum absolute atomic E-state index is 0.0817. The molecule has 0 radical (unpaired) electrons. The molecule has 6 heteroatoms. The number of carbonyl (C=O) groups is 1. The van der Waals surface area contributed by atoms with E-state index in [-0.39, 0.29) is 22.2 Å². The first-order valence-corrected chi connectivity index (χ1v) is 7.76. The highest BCUT2D eigenvalue weighted by molar-refractivity contribution is 6.33. The molecule has 24 heavy (non-hydrogen) atoms. The summed E-state index contributed by atoms with van der Waals surface area (Å²) < 4.78 is 19.2. The van der Waals surface area contributed by atoms with Gasteiger partial charge in [0.2, 0.25) is 0 Å². The number of hydrogen-bond donors (Lipinski definition) is 2. The van der Waals surface area contributed by atoms with Crippen LogP contribution in [0.5, 0.6) is 5.75 Å². The first-order chi connectivity index (χ1) is 11.4. The molecule has 0 spiro atoms. The van der Waals surface area contributed by atoms with Gasteiger partial charge in [0, 0.05) is 11.1 Å². The Morgan fingerprint density at radius 3 is 2.83 bits per heavy atom. The number of anilines is 1. The van der Waals surface area contributed by atoms with Gasteiger partial charge in [-0.1, -0.05) is 23.7 Å². The minimum Gasteiger partial charge on any atom is -0.483 e. The van der Waals surface area contributed by atoms with Crippen LogP contribution < -0.4 is 15.6 Å². The van der Waals surface area contributed by atoms with Gasteiger partial charge in [-0.05, 0) is 50.3 Å². The molecule has 0 fully saturated rings. The van der Waals surface area contributed by atoms with Crippen molar-refractivity contribution >= 4 is 29.3 Å². The Hall–Kier alpha value is -2.53. The number of hydrazine groups is 1. The molecule has 0 atom stereocenters. The van der Waals surface area contributed by atoms with Crippen LogP contribution in [0.4, 0.5) is 10.1 Å². The highest BCUT2D eigenvalue weighted by Crippen LogP contribution is 2.31. The summed E-state index contributed by atoms with van der Waals surface area (Å²) in [5.74, 6) is -0.203. The van der Waals surface area contributed by atoms with Gasteiger partial charge in [-0.25, -0.2) is 4.39 Å². The number of amides is 1. The van der Waals surface area contributed by atoms with Gasteiger partial charge in [-0.2, -0.15) is 0 Å². The van der Waals surface area contributed by atoms with E-state index in [0.29, 0.717) is 5.56 Å². The highest BCUT2D eigenvalue weighted by atomic mass is 35.5. The second kappa shape index (κ2) is 6.17. The molecule has 1 aliphatic rings. The van der Waals surface area contributed by atoms with Gasteiger partial charge in [-0.15, -0.1) is 0 Å². The van der Waals surface area contributed by atoms with E-state index in [0.717, 1.165) is 11.3 Å². The first-order valence-electron chi connectivity index (χ1n) is 7.38. The van der Waals surface area contributed by atoms with Crippen molar-refractivity contribution in [2.75, 3.05) is 5.43 Å². The number of halogens is 2. The third kappa shape index (κ3) is 3.36. The molecule has 0 bridgehead atoms. The largest absolute Gasteiger partial charge is 0.483 e. The van der Waals surface area contributed by atoms with Crippen LogP contribution in [0.25, 0.3) is 6.08 Å². The van der Waals surface area contributed by atoms with E-state index >= 15 is 0 Å². The Labute approximate surface area is 144 Å². The monoisotopic (exact) mass is 346 g/mol. The van der Waals surface area contributed by atoms with Gasteiger partial charge in [0.15, 0.2) is 0 Å². The first kappa shape index (κ1) is 16.3. The van der Waals surface area contributed by atoms with Crippen molar-refractivity contribution in [3.63, 3.8) is 0 Å². The van der Waals surface area contributed by atoms with Gasteiger partial charge in [0.1, 0.15) is 22.2 Å². The number of ether oxygens (including phenoxy) is 1. The third-order valence-electron chi connectivity index (χ3n) is 3.57. The lowest BCUT2D eigenvalue weighted by atomic mass is 10.0. The Bertz CT molecular complexity index is 834. The molecule has 0 saturated carbocycles. The molecule has 124 valence electrons. The number of rotatable bonds is 3.